The van der Waals surface area contributed by atoms with Crippen molar-refractivity contribution in [1.82, 2.24) is 0 Å². The van der Waals surface area contributed by atoms with Crippen molar-refractivity contribution in [1.29, 1.82) is 0 Å². The maximum Gasteiger partial charge on any atom is 0.273 e. The second-order valence-electron chi connectivity index (χ2n) is 4.28. The van der Waals surface area contributed by atoms with E-state index in [4.69, 9.17) is 22.1 Å². The van der Waals surface area contributed by atoms with Gasteiger partial charge in [0.2, 0.25) is 0 Å². The van der Waals surface area contributed by atoms with Crippen LogP contribution >= 0.6 is 11.6 Å². The van der Waals surface area contributed by atoms with Crippen molar-refractivity contribution in [3.63, 3.8) is 0 Å². The van der Waals surface area contributed by atoms with Gasteiger partial charge in [-0.2, -0.15) is 0 Å². The van der Waals surface area contributed by atoms with Crippen LogP contribution in [0.25, 0.3) is 0 Å². The number of rotatable bonds is 4. The summed E-state index contributed by atoms with van der Waals surface area (Å²) in [5.74, 6) is 0.842. The molecule has 0 fully saturated rings. The average molecular weight is 293 g/mol. The fourth-order valence-electron chi connectivity index (χ4n) is 1.68. The normalized spacial score (nSPS) is 10.3. The SMILES string of the molecule is Cc1ccc([N+](=O)[O-])cc1Oc1ccc(CN)cc1Cl. The number of ether oxygens (including phenoxy) is 1. The Morgan fingerprint density at radius 3 is 2.60 bits per heavy atom. The molecule has 0 radical (unpaired) electrons. The maximum atomic E-state index is 10.8. The molecule has 0 atom stereocenters. The van der Waals surface area contributed by atoms with Crippen molar-refractivity contribution in [2.45, 2.75) is 13.5 Å². The van der Waals surface area contributed by atoms with Crippen molar-refractivity contribution in [3.8, 4) is 11.5 Å². The van der Waals surface area contributed by atoms with Crippen molar-refractivity contribution >= 4 is 17.3 Å². The number of benzene rings is 2. The highest BCUT2D eigenvalue weighted by Crippen LogP contribution is 2.33. The first-order valence-electron chi connectivity index (χ1n) is 5.92. The molecule has 0 amide bonds. The van der Waals surface area contributed by atoms with Gasteiger partial charge in [-0.3, -0.25) is 10.1 Å². The lowest BCUT2D eigenvalue weighted by Gasteiger charge is -2.10. The lowest BCUT2D eigenvalue weighted by atomic mass is 10.2. The highest BCUT2D eigenvalue weighted by atomic mass is 35.5. The van der Waals surface area contributed by atoms with Crippen molar-refractivity contribution in [3.05, 3.63) is 62.7 Å². The van der Waals surface area contributed by atoms with Gasteiger partial charge in [-0.15, -0.1) is 0 Å². The van der Waals surface area contributed by atoms with E-state index in [0.717, 1.165) is 11.1 Å². The van der Waals surface area contributed by atoms with Gasteiger partial charge in [0, 0.05) is 12.6 Å². The van der Waals surface area contributed by atoms with E-state index >= 15 is 0 Å². The summed E-state index contributed by atoms with van der Waals surface area (Å²) in [6, 6.07) is 9.65. The molecule has 2 aromatic rings. The van der Waals surface area contributed by atoms with Crippen LogP contribution in [0.15, 0.2) is 36.4 Å². The quantitative estimate of drug-likeness (QED) is 0.686. The predicted octanol–water partition coefficient (Wildman–Crippen LogP) is 3.81. The number of halogens is 1. The largest absolute Gasteiger partial charge is 0.455 e. The van der Waals surface area contributed by atoms with Gasteiger partial charge in [-0.05, 0) is 36.2 Å². The minimum Gasteiger partial charge on any atom is -0.455 e. The van der Waals surface area contributed by atoms with E-state index in [1.807, 2.05) is 0 Å². The van der Waals surface area contributed by atoms with Gasteiger partial charge in [0.05, 0.1) is 16.0 Å². The van der Waals surface area contributed by atoms with E-state index in [2.05, 4.69) is 0 Å². The summed E-state index contributed by atoms with van der Waals surface area (Å²) in [4.78, 5) is 10.3. The van der Waals surface area contributed by atoms with Gasteiger partial charge < -0.3 is 10.5 Å². The number of hydrogen-bond donors (Lipinski definition) is 1. The molecule has 0 aromatic heterocycles. The molecular weight excluding hydrogens is 280 g/mol. The summed E-state index contributed by atoms with van der Waals surface area (Å²) in [5, 5.41) is 11.2. The monoisotopic (exact) mass is 292 g/mol. The zero-order chi connectivity index (χ0) is 14.7. The first-order chi connectivity index (χ1) is 9.51. The minimum absolute atomic E-state index is 0.0275. The highest BCUT2D eigenvalue weighted by molar-refractivity contribution is 6.32. The van der Waals surface area contributed by atoms with Gasteiger partial charge in [0.25, 0.3) is 5.69 Å². The van der Waals surface area contributed by atoms with Gasteiger partial charge in [0.1, 0.15) is 11.5 Å². The summed E-state index contributed by atoms with van der Waals surface area (Å²) in [7, 11) is 0. The first-order valence-corrected chi connectivity index (χ1v) is 6.30. The molecule has 0 bridgehead atoms. The van der Waals surface area contributed by atoms with Crippen LogP contribution < -0.4 is 10.5 Å². The molecular formula is C14H13ClN2O3. The zero-order valence-corrected chi connectivity index (χ0v) is 11.6. The van der Waals surface area contributed by atoms with Crippen LogP contribution in [0.5, 0.6) is 11.5 Å². The molecule has 6 heteroatoms. The minimum atomic E-state index is -0.467. The summed E-state index contributed by atoms with van der Waals surface area (Å²) < 4.78 is 5.65. The molecule has 104 valence electrons. The molecule has 0 heterocycles. The number of non-ortho nitro benzene ring substituents is 1. The van der Waals surface area contributed by atoms with Crippen LogP contribution in [0.1, 0.15) is 11.1 Å². The number of aryl methyl sites for hydroxylation is 1. The molecule has 20 heavy (non-hydrogen) atoms. The third-order valence-electron chi connectivity index (χ3n) is 2.83. The van der Waals surface area contributed by atoms with Gasteiger partial charge in [-0.25, -0.2) is 0 Å². The molecule has 0 unspecified atom stereocenters. The summed E-state index contributed by atoms with van der Waals surface area (Å²) in [6.07, 6.45) is 0. The van der Waals surface area contributed by atoms with Crippen LogP contribution in [0, 0.1) is 17.0 Å². The molecule has 0 saturated heterocycles. The molecule has 0 aliphatic carbocycles. The fourth-order valence-corrected chi connectivity index (χ4v) is 1.93. The Labute approximate surface area is 121 Å². The topological polar surface area (TPSA) is 78.4 Å². The summed E-state index contributed by atoms with van der Waals surface area (Å²) >= 11 is 6.10. The van der Waals surface area contributed by atoms with Crippen LogP contribution in [0.2, 0.25) is 5.02 Å². The van der Waals surface area contributed by atoms with Crippen molar-refractivity contribution in [2.75, 3.05) is 0 Å². The Balaban J connectivity index is 2.34. The average Bonchev–Trinajstić information content (AvgIpc) is 2.42. The molecule has 2 rings (SSSR count). The molecule has 0 spiro atoms. The Morgan fingerprint density at radius 2 is 2.00 bits per heavy atom. The molecule has 2 aromatic carbocycles. The number of hydrogen-bond acceptors (Lipinski definition) is 4. The zero-order valence-electron chi connectivity index (χ0n) is 10.8. The Hall–Kier alpha value is -2.11. The maximum absolute atomic E-state index is 10.8. The van der Waals surface area contributed by atoms with E-state index in [1.54, 1.807) is 31.2 Å². The smallest absolute Gasteiger partial charge is 0.273 e. The van der Waals surface area contributed by atoms with Crippen LogP contribution in [0.3, 0.4) is 0 Å². The third kappa shape index (κ3) is 3.07. The predicted molar refractivity (Wildman–Crippen MR) is 77.3 cm³/mol. The Morgan fingerprint density at radius 1 is 1.25 bits per heavy atom. The van der Waals surface area contributed by atoms with E-state index < -0.39 is 4.92 Å². The van der Waals surface area contributed by atoms with E-state index in [-0.39, 0.29) is 5.69 Å². The number of nitro benzene ring substituents is 1. The number of nitrogens with two attached hydrogens (primary N) is 1. The van der Waals surface area contributed by atoms with E-state index in [1.165, 1.54) is 12.1 Å². The lowest BCUT2D eigenvalue weighted by molar-refractivity contribution is -0.384. The lowest BCUT2D eigenvalue weighted by Crippen LogP contribution is -1.97. The Kier molecular flexibility index (Phi) is 4.22. The van der Waals surface area contributed by atoms with E-state index in [9.17, 15) is 10.1 Å². The summed E-state index contributed by atoms with van der Waals surface area (Å²) in [5.41, 5.74) is 7.17. The molecule has 2 N–H and O–H groups in total. The van der Waals surface area contributed by atoms with Crippen LogP contribution in [-0.4, -0.2) is 4.92 Å². The van der Waals surface area contributed by atoms with Crippen molar-refractivity contribution < 1.29 is 9.66 Å². The number of nitrogens with zero attached hydrogens (tertiary/aromatic N) is 1. The number of nitro groups is 1. The van der Waals surface area contributed by atoms with E-state index in [0.29, 0.717) is 23.1 Å². The third-order valence-corrected chi connectivity index (χ3v) is 3.13. The first kappa shape index (κ1) is 14.3. The second kappa shape index (κ2) is 5.90. The fraction of sp³-hybridized carbons (Fsp3) is 0.143. The standard InChI is InChI=1S/C14H13ClN2O3/c1-9-2-4-11(17(18)19)7-14(9)20-13-5-3-10(8-16)6-12(13)15/h2-7H,8,16H2,1H3. The Bertz CT molecular complexity index is 659. The van der Waals surface area contributed by atoms with Crippen LogP contribution in [0.4, 0.5) is 5.69 Å². The van der Waals surface area contributed by atoms with Gasteiger partial charge in [-0.1, -0.05) is 17.7 Å². The molecule has 0 saturated carbocycles. The summed E-state index contributed by atoms with van der Waals surface area (Å²) in [6.45, 7) is 2.19. The molecule has 5 nitrogen and oxygen atoms in total. The van der Waals surface area contributed by atoms with Gasteiger partial charge in [0.15, 0.2) is 0 Å². The second-order valence-corrected chi connectivity index (χ2v) is 4.69. The van der Waals surface area contributed by atoms with Crippen molar-refractivity contribution in [2.24, 2.45) is 5.73 Å². The molecule has 0 aliphatic heterocycles. The highest BCUT2D eigenvalue weighted by Gasteiger charge is 2.12. The van der Waals surface area contributed by atoms with Crippen LogP contribution in [-0.2, 0) is 6.54 Å². The van der Waals surface area contributed by atoms with Gasteiger partial charge >= 0.3 is 0 Å². The molecule has 0 aliphatic rings.